The molecule has 238 valence electrons. The molecule has 47 heavy (non-hydrogen) atoms. The Bertz CT molecular complexity index is 2230. The molecule has 5 heteroatoms. The number of para-hydroxylation sites is 2. The topological polar surface area (TPSA) is 50.9 Å². The molecule has 2 heterocycles. The number of benzene rings is 5. The molecule has 2 aromatic heterocycles. The zero-order valence-electron chi connectivity index (χ0n) is 27.6. The Balaban J connectivity index is 0.00000386. The second-order valence-electron chi connectivity index (χ2n) is 14.0. The van der Waals surface area contributed by atoms with Gasteiger partial charge in [0.25, 0.3) is 0 Å². The quantitative estimate of drug-likeness (QED) is 0.181. The van der Waals surface area contributed by atoms with Gasteiger partial charge in [0.05, 0.1) is 16.6 Å². The fourth-order valence-corrected chi connectivity index (χ4v) is 6.36. The minimum absolute atomic E-state index is 0. The molecular weight excluding hydrogens is 758 g/mol. The second-order valence-corrected chi connectivity index (χ2v) is 14.0. The maximum atomic E-state index is 11.0. The van der Waals surface area contributed by atoms with E-state index in [1.165, 1.54) is 11.1 Å². The molecule has 4 nitrogen and oxygen atoms in total. The Kier molecular flexibility index (Phi) is 8.44. The first-order valence-electron chi connectivity index (χ1n) is 15.8. The van der Waals surface area contributed by atoms with Crippen LogP contribution in [0.15, 0.2) is 115 Å². The average molecular weight is 796 g/mol. The molecule has 0 saturated carbocycles. The van der Waals surface area contributed by atoms with E-state index in [0.717, 1.165) is 49.9 Å². The third kappa shape index (κ3) is 5.92. The number of hydrogen-bond donors (Lipinski definition) is 1. The van der Waals surface area contributed by atoms with Crippen LogP contribution in [-0.2, 0) is 31.9 Å². The molecule has 0 saturated heterocycles. The van der Waals surface area contributed by atoms with E-state index >= 15 is 0 Å². The van der Waals surface area contributed by atoms with Crippen LogP contribution in [0.4, 0.5) is 0 Å². The van der Waals surface area contributed by atoms with Gasteiger partial charge in [0.2, 0.25) is 0 Å². The fourth-order valence-electron chi connectivity index (χ4n) is 6.36. The smallest absolute Gasteiger partial charge is 0.148 e. The van der Waals surface area contributed by atoms with Gasteiger partial charge in [0.1, 0.15) is 11.6 Å². The van der Waals surface area contributed by atoms with Crippen LogP contribution >= 0.6 is 0 Å². The van der Waals surface area contributed by atoms with Crippen molar-refractivity contribution in [1.82, 2.24) is 14.5 Å². The van der Waals surface area contributed by atoms with E-state index in [-0.39, 0.29) is 37.6 Å². The predicted octanol–water partition coefficient (Wildman–Crippen LogP) is 10.7. The largest absolute Gasteiger partial charge is 0.507 e. The first-order valence-corrected chi connectivity index (χ1v) is 15.8. The summed E-state index contributed by atoms with van der Waals surface area (Å²) >= 11 is 0. The van der Waals surface area contributed by atoms with Gasteiger partial charge in [-0.25, -0.2) is 4.98 Å². The minimum Gasteiger partial charge on any atom is -0.507 e. The number of aromatic nitrogens is 3. The maximum absolute atomic E-state index is 11.0. The minimum atomic E-state index is -0.00217. The molecule has 0 aliphatic carbocycles. The maximum Gasteiger partial charge on any atom is 0.148 e. The number of aromatic hydroxyl groups is 1. The number of fused-ring (bicyclic) bond motifs is 2. The third-order valence-corrected chi connectivity index (χ3v) is 8.77. The van der Waals surface area contributed by atoms with Crippen molar-refractivity contribution >= 4 is 21.9 Å². The molecule has 1 N–H and O–H groups in total. The first kappa shape index (κ1) is 32.4. The zero-order valence-corrected chi connectivity index (χ0v) is 29.8. The Morgan fingerprint density at radius 2 is 1.28 bits per heavy atom. The number of imidazole rings is 1. The summed E-state index contributed by atoms with van der Waals surface area (Å²) < 4.78 is 2.15. The van der Waals surface area contributed by atoms with Crippen molar-refractivity contribution in [3.8, 4) is 45.1 Å². The van der Waals surface area contributed by atoms with Crippen LogP contribution in [-0.4, -0.2) is 19.6 Å². The Labute approximate surface area is 291 Å². The zero-order chi connectivity index (χ0) is 32.2. The van der Waals surface area contributed by atoms with Gasteiger partial charge in [-0.15, -0.1) is 35.4 Å². The molecule has 7 aromatic rings. The molecule has 0 amide bonds. The van der Waals surface area contributed by atoms with Gasteiger partial charge in [-0.05, 0) is 63.7 Å². The van der Waals surface area contributed by atoms with Crippen LogP contribution in [0.1, 0.15) is 52.7 Å². The molecular formula is C42H38N3OPt-. The summed E-state index contributed by atoms with van der Waals surface area (Å²) in [4.78, 5) is 10.1. The van der Waals surface area contributed by atoms with Gasteiger partial charge >= 0.3 is 0 Å². The number of phenolic OH excluding ortho intramolecular Hbond substituents is 1. The fraction of sp³-hybridized carbons (Fsp3) is 0.190. The normalized spacial score (nSPS) is 12.0. The molecule has 0 aliphatic heterocycles. The van der Waals surface area contributed by atoms with E-state index < -0.39 is 0 Å². The number of nitrogens with zero attached hydrogens (tertiary/aromatic N) is 3. The van der Waals surface area contributed by atoms with Crippen molar-refractivity contribution in [1.29, 1.82) is 0 Å². The van der Waals surface area contributed by atoms with Gasteiger partial charge in [0, 0.05) is 38.5 Å². The number of rotatable bonds is 4. The molecule has 0 unspecified atom stereocenters. The van der Waals surface area contributed by atoms with E-state index in [0.29, 0.717) is 11.4 Å². The molecule has 0 atom stereocenters. The SMILES string of the molecule is CC(C)(C)c1ccc(-n2c(-c3ccccc3O)nc3c(-c4[c-]c(-c5ccc(C(C)(C)C)c6cccnc56)ccc4)cccc32)cc1.[Pt]. The van der Waals surface area contributed by atoms with E-state index in [1.807, 2.05) is 30.5 Å². The standard InChI is InChI=1S/C42H38N3O.Pt/c1-41(2,3)29-19-21-30(22-20-29)45-36-17-10-15-31(39(36)44-40(45)34-14-7-8-18-37(34)46)27-12-9-13-28(26-27)32-23-24-35(42(4,5)6)33-16-11-25-43-38(32)33;/h7-25,46H,1-6H3;/q-1;. The summed E-state index contributed by atoms with van der Waals surface area (Å²) in [6.45, 7) is 13.4. The van der Waals surface area contributed by atoms with Crippen LogP contribution in [0.2, 0.25) is 0 Å². The number of phenols is 1. The Morgan fingerprint density at radius 1 is 0.617 bits per heavy atom. The number of hydrogen-bond acceptors (Lipinski definition) is 3. The predicted molar refractivity (Wildman–Crippen MR) is 191 cm³/mol. The van der Waals surface area contributed by atoms with Crippen molar-refractivity contribution in [2.24, 2.45) is 0 Å². The van der Waals surface area contributed by atoms with Gasteiger partial charge in [-0.2, -0.15) is 0 Å². The molecule has 0 fully saturated rings. The van der Waals surface area contributed by atoms with Crippen molar-refractivity contribution in [2.75, 3.05) is 0 Å². The monoisotopic (exact) mass is 795 g/mol. The molecule has 0 bridgehead atoms. The van der Waals surface area contributed by atoms with Crippen LogP contribution in [0.3, 0.4) is 0 Å². The van der Waals surface area contributed by atoms with Crippen molar-refractivity contribution in [3.05, 3.63) is 133 Å². The molecule has 7 rings (SSSR count). The third-order valence-electron chi connectivity index (χ3n) is 8.77. The van der Waals surface area contributed by atoms with E-state index in [4.69, 9.17) is 9.97 Å². The molecule has 0 spiro atoms. The van der Waals surface area contributed by atoms with Crippen molar-refractivity contribution < 1.29 is 26.2 Å². The van der Waals surface area contributed by atoms with Gasteiger partial charge in [0.15, 0.2) is 0 Å². The molecule has 0 radical (unpaired) electrons. The molecule has 0 aliphatic rings. The summed E-state index contributed by atoms with van der Waals surface area (Å²) in [6, 6.07) is 40.9. The average Bonchev–Trinajstić information content (AvgIpc) is 3.43. The van der Waals surface area contributed by atoms with E-state index in [1.54, 1.807) is 6.07 Å². The number of pyridine rings is 1. The van der Waals surface area contributed by atoms with Gasteiger partial charge in [-0.1, -0.05) is 107 Å². The summed E-state index contributed by atoms with van der Waals surface area (Å²) in [7, 11) is 0. The second kappa shape index (κ2) is 12.2. The Hall–Kier alpha value is -4.53. The first-order chi connectivity index (χ1) is 22.0. The van der Waals surface area contributed by atoms with Crippen LogP contribution < -0.4 is 0 Å². The van der Waals surface area contributed by atoms with Gasteiger partial charge in [-0.3, -0.25) is 9.55 Å². The van der Waals surface area contributed by atoms with Crippen LogP contribution in [0.5, 0.6) is 5.75 Å². The summed E-state index contributed by atoms with van der Waals surface area (Å²) in [5.74, 6) is 0.881. The van der Waals surface area contributed by atoms with Crippen LogP contribution in [0, 0.1) is 6.07 Å². The Morgan fingerprint density at radius 3 is 1.96 bits per heavy atom. The van der Waals surface area contributed by atoms with E-state index in [2.05, 4.69) is 131 Å². The van der Waals surface area contributed by atoms with Gasteiger partial charge < -0.3 is 5.11 Å². The van der Waals surface area contributed by atoms with Crippen LogP contribution in [0.25, 0.3) is 61.3 Å². The summed E-state index contributed by atoms with van der Waals surface area (Å²) in [5.41, 5.74) is 11.0. The van der Waals surface area contributed by atoms with Crippen molar-refractivity contribution in [2.45, 2.75) is 52.4 Å². The van der Waals surface area contributed by atoms with E-state index in [9.17, 15) is 5.11 Å². The molecule has 5 aromatic carbocycles. The summed E-state index contributed by atoms with van der Waals surface area (Å²) in [5, 5.41) is 12.1. The summed E-state index contributed by atoms with van der Waals surface area (Å²) in [6.07, 6.45) is 1.87. The van der Waals surface area contributed by atoms with Crippen molar-refractivity contribution in [3.63, 3.8) is 0 Å².